The summed E-state index contributed by atoms with van der Waals surface area (Å²) in [4.78, 5) is 15.0. The van der Waals surface area contributed by atoms with Gasteiger partial charge in [0.15, 0.2) is 40.5 Å². The summed E-state index contributed by atoms with van der Waals surface area (Å²) in [7, 11) is 0. The summed E-state index contributed by atoms with van der Waals surface area (Å²) >= 11 is 0. The van der Waals surface area contributed by atoms with Crippen LogP contribution in [0.3, 0.4) is 0 Å². The van der Waals surface area contributed by atoms with E-state index in [0.717, 1.165) is 44.2 Å². The summed E-state index contributed by atoms with van der Waals surface area (Å²) in [6, 6.07) is 65.0. The van der Waals surface area contributed by atoms with Crippen molar-refractivity contribution < 1.29 is 9.47 Å². The van der Waals surface area contributed by atoms with Gasteiger partial charge in [-0.2, -0.15) is 0 Å². The Balaban J connectivity index is 1.04. The Morgan fingerprint density at radius 1 is 0.364 bits per heavy atom. The lowest BCUT2D eigenvalue weighted by atomic mass is 9.68. The van der Waals surface area contributed by atoms with Crippen molar-refractivity contribution in [2.45, 2.75) is 5.41 Å². The van der Waals surface area contributed by atoms with E-state index in [4.69, 9.17) is 24.4 Å². The topological polar surface area (TPSA) is 57.1 Å². The molecule has 0 unspecified atom stereocenters. The van der Waals surface area contributed by atoms with Gasteiger partial charge in [-0.05, 0) is 68.9 Å². The summed E-state index contributed by atoms with van der Waals surface area (Å²) in [5.74, 6) is 4.35. The minimum absolute atomic E-state index is 0.533. The maximum atomic E-state index is 6.88. The van der Waals surface area contributed by atoms with Crippen LogP contribution in [-0.2, 0) is 5.41 Å². The predicted octanol–water partition coefficient (Wildman–Crippen LogP) is 12.3. The van der Waals surface area contributed by atoms with Crippen LogP contribution in [0.5, 0.6) is 23.0 Å². The van der Waals surface area contributed by atoms with Crippen molar-refractivity contribution in [1.82, 2.24) is 15.0 Å². The zero-order chi connectivity index (χ0) is 36.3. The van der Waals surface area contributed by atoms with E-state index in [0.29, 0.717) is 40.5 Å². The van der Waals surface area contributed by atoms with Crippen LogP contribution in [-0.4, -0.2) is 15.0 Å². The highest BCUT2D eigenvalue weighted by Gasteiger charge is 2.48. The molecule has 0 amide bonds. The number of fused-ring (bicyclic) bond motifs is 7. The van der Waals surface area contributed by atoms with Crippen molar-refractivity contribution >= 4 is 10.8 Å². The van der Waals surface area contributed by atoms with Crippen LogP contribution in [0.25, 0.3) is 56.1 Å². The lowest BCUT2D eigenvalue weighted by Crippen LogP contribution is -2.28. The number of ether oxygens (including phenoxy) is 2. The van der Waals surface area contributed by atoms with E-state index in [1.54, 1.807) is 0 Å². The number of hydrogen-bond donors (Lipinski definition) is 0. The van der Waals surface area contributed by atoms with Crippen molar-refractivity contribution in [3.8, 4) is 68.3 Å². The molecule has 0 spiro atoms. The lowest BCUT2D eigenvalue weighted by Gasteiger charge is -2.34. The Labute approximate surface area is 318 Å². The fraction of sp³-hybridized carbons (Fsp3) is 0.0200. The number of hydrogen-bond acceptors (Lipinski definition) is 5. The molecule has 8 aromatic carbocycles. The molecule has 0 N–H and O–H groups in total. The average molecular weight is 706 g/mol. The quantitative estimate of drug-likeness (QED) is 0.178. The Morgan fingerprint density at radius 2 is 0.927 bits per heavy atom. The molecule has 2 aliphatic rings. The summed E-state index contributed by atoms with van der Waals surface area (Å²) in [6.07, 6.45) is 0. The van der Waals surface area contributed by atoms with E-state index in [2.05, 4.69) is 121 Å². The highest BCUT2D eigenvalue weighted by Crippen LogP contribution is 2.62. The van der Waals surface area contributed by atoms with Gasteiger partial charge in [0, 0.05) is 22.3 Å². The monoisotopic (exact) mass is 705 g/mol. The molecule has 2 heterocycles. The van der Waals surface area contributed by atoms with Gasteiger partial charge in [-0.3, -0.25) is 0 Å². The number of rotatable bonds is 5. The highest BCUT2D eigenvalue weighted by atomic mass is 16.6. The third kappa shape index (κ3) is 4.90. The molecule has 11 rings (SSSR count). The van der Waals surface area contributed by atoms with Crippen molar-refractivity contribution in [2.75, 3.05) is 0 Å². The molecule has 9 aromatic rings. The first kappa shape index (κ1) is 31.2. The van der Waals surface area contributed by atoms with Gasteiger partial charge in [-0.15, -0.1) is 0 Å². The molecule has 5 heteroatoms. The van der Waals surface area contributed by atoms with Crippen LogP contribution in [0, 0.1) is 0 Å². The molecule has 1 aliphatic heterocycles. The Bertz CT molecular complexity index is 2890. The molecule has 0 bridgehead atoms. The molecule has 1 aromatic heterocycles. The third-order valence-electron chi connectivity index (χ3n) is 10.8. The smallest absolute Gasteiger partial charge is 0.178 e. The molecular weight excluding hydrogens is 675 g/mol. The molecule has 55 heavy (non-hydrogen) atoms. The van der Waals surface area contributed by atoms with Crippen LogP contribution in [0.1, 0.15) is 22.3 Å². The first-order valence-electron chi connectivity index (χ1n) is 18.4. The number of aromatic nitrogens is 3. The minimum atomic E-state index is -0.533. The van der Waals surface area contributed by atoms with E-state index in [-0.39, 0.29) is 0 Å². The van der Waals surface area contributed by atoms with Crippen molar-refractivity contribution in [3.05, 3.63) is 210 Å². The second-order valence-electron chi connectivity index (χ2n) is 13.9. The third-order valence-corrected chi connectivity index (χ3v) is 10.8. The zero-order valence-corrected chi connectivity index (χ0v) is 29.6. The second kappa shape index (κ2) is 12.4. The molecule has 1 aliphatic carbocycles. The summed E-state index contributed by atoms with van der Waals surface area (Å²) in [5.41, 5.74) is 9.04. The Morgan fingerprint density at radius 3 is 1.65 bits per heavy atom. The summed E-state index contributed by atoms with van der Waals surface area (Å²) in [5, 5.41) is 2.29. The standard InChI is InChI=1S/C50H31N3O2/c1-4-15-33(16-5-1)47-51-48(35-25-24-32-14-10-11-17-34(32)30-35)53-49(52-47)36-26-28-42-44(31-36)54-43-29-27-41-45(46(43)55-42)39-22-12-13-23-40(39)50(41,37-18-6-2-7-19-37)38-20-8-3-9-21-38/h1-31H. The largest absolute Gasteiger partial charge is 0.449 e. The molecule has 0 fully saturated rings. The van der Waals surface area contributed by atoms with Gasteiger partial charge in [0.25, 0.3) is 0 Å². The van der Waals surface area contributed by atoms with E-state index in [1.165, 1.54) is 16.7 Å². The highest BCUT2D eigenvalue weighted by molar-refractivity contribution is 5.92. The number of nitrogens with zero attached hydrogens (tertiary/aromatic N) is 3. The normalized spacial score (nSPS) is 13.2. The molecule has 0 radical (unpaired) electrons. The molecule has 0 atom stereocenters. The maximum absolute atomic E-state index is 6.88. The first-order valence-corrected chi connectivity index (χ1v) is 18.4. The van der Waals surface area contributed by atoms with Gasteiger partial charge < -0.3 is 9.47 Å². The van der Waals surface area contributed by atoms with Gasteiger partial charge >= 0.3 is 0 Å². The maximum Gasteiger partial charge on any atom is 0.178 e. The van der Waals surface area contributed by atoms with Crippen LogP contribution in [0.2, 0.25) is 0 Å². The first-order chi connectivity index (χ1) is 27.2. The van der Waals surface area contributed by atoms with Crippen molar-refractivity contribution in [1.29, 1.82) is 0 Å². The Hall–Kier alpha value is -7.37. The fourth-order valence-electron chi connectivity index (χ4n) is 8.38. The van der Waals surface area contributed by atoms with Gasteiger partial charge in [-0.25, -0.2) is 15.0 Å². The van der Waals surface area contributed by atoms with Gasteiger partial charge in [0.05, 0.1) is 5.41 Å². The average Bonchev–Trinajstić information content (AvgIpc) is 3.57. The minimum Gasteiger partial charge on any atom is -0.449 e. The van der Waals surface area contributed by atoms with Crippen LogP contribution < -0.4 is 9.47 Å². The number of benzene rings is 8. The van der Waals surface area contributed by atoms with E-state index in [1.807, 2.05) is 66.7 Å². The van der Waals surface area contributed by atoms with E-state index >= 15 is 0 Å². The predicted molar refractivity (Wildman–Crippen MR) is 218 cm³/mol. The van der Waals surface area contributed by atoms with Crippen LogP contribution >= 0.6 is 0 Å². The summed E-state index contributed by atoms with van der Waals surface area (Å²) in [6.45, 7) is 0. The van der Waals surface area contributed by atoms with Crippen molar-refractivity contribution in [2.24, 2.45) is 0 Å². The lowest BCUT2D eigenvalue weighted by molar-refractivity contribution is 0.360. The summed E-state index contributed by atoms with van der Waals surface area (Å²) < 4.78 is 13.6. The van der Waals surface area contributed by atoms with Gasteiger partial charge in [-0.1, -0.05) is 158 Å². The van der Waals surface area contributed by atoms with E-state index < -0.39 is 5.41 Å². The molecule has 258 valence electrons. The van der Waals surface area contributed by atoms with E-state index in [9.17, 15) is 0 Å². The molecule has 5 nitrogen and oxygen atoms in total. The van der Waals surface area contributed by atoms with Gasteiger partial charge in [0.1, 0.15) is 0 Å². The fourth-order valence-corrected chi connectivity index (χ4v) is 8.38. The second-order valence-corrected chi connectivity index (χ2v) is 13.9. The molecular formula is C50H31N3O2. The SMILES string of the molecule is c1ccc(-c2nc(-c3ccc4c(c3)Oc3ccc5c(c3O4)-c3ccccc3C5(c3ccccc3)c3ccccc3)nc(-c3ccc4ccccc4c3)n2)cc1. The van der Waals surface area contributed by atoms with Crippen LogP contribution in [0.15, 0.2) is 188 Å². The Kier molecular flexibility index (Phi) is 7.01. The van der Waals surface area contributed by atoms with Gasteiger partial charge in [0.2, 0.25) is 0 Å². The van der Waals surface area contributed by atoms with Crippen molar-refractivity contribution in [3.63, 3.8) is 0 Å². The van der Waals surface area contributed by atoms with Crippen LogP contribution in [0.4, 0.5) is 0 Å². The molecule has 0 saturated heterocycles. The zero-order valence-electron chi connectivity index (χ0n) is 29.6. The molecule has 0 saturated carbocycles.